The number of benzene rings is 3. The molecule has 3 aromatic rings. The Balaban J connectivity index is 1.56. The number of ether oxygens (including phenoxy) is 2. The smallest absolute Gasteiger partial charge is 0.307 e. The minimum atomic E-state index is -1.62. The third-order valence-corrected chi connectivity index (χ3v) is 6.53. The van der Waals surface area contributed by atoms with Gasteiger partial charge in [-0.15, -0.1) is 0 Å². The maximum Gasteiger partial charge on any atom is 0.307 e. The molecule has 2 aliphatic rings. The zero-order chi connectivity index (χ0) is 23.2. The summed E-state index contributed by atoms with van der Waals surface area (Å²) >= 11 is 12.5. The van der Waals surface area contributed by atoms with Gasteiger partial charge in [0.05, 0.1) is 16.1 Å². The highest BCUT2D eigenvalue weighted by Crippen LogP contribution is 2.50. The van der Waals surface area contributed by atoms with E-state index in [-0.39, 0.29) is 28.1 Å². The first-order valence-corrected chi connectivity index (χ1v) is 11.4. The lowest BCUT2D eigenvalue weighted by Gasteiger charge is -2.29. The zero-order valence-electron chi connectivity index (χ0n) is 17.3. The van der Waals surface area contributed by atoms with E-state index in [1.54, 1.807) is 12.1 Å². The normalized spacial score (nSPS) is 19.6. The van der Waals surface area contributed by atoms with Crippen LogP contribution in [-0.4, -0.2) is 11.9 Å². The van der Waals surface area contributed by atoms with Gasteiger partial charge >= 0.3 is 5.79 Å². The van der Waals surface area contributed by atoms with Gasteiger partial charge in [-0.2, -0.15) is 0 Å². The molecule has 3 aromatic carbocycles. The number of fused-ring (bicyclic) bond motifs is 1. The second-order valence-corrected chi connectivity index (χ2v) is 9.03. The van der Waals surface area contributed by atoms with Gasteiger partial charge in [-0.05, 0) is 61.4 Å². The Morgan fingerprint density at radius 3 is 2.27 bits per heavy atom. The first-order chi connectivity index (χ1) is 15.9. The first kappa shape index (κ1) is 22.0. The minimum Gasteiger partial charge on any atom is -0.440 e. The lowest BCUT2D eigenvalue weighted by molar-refractivity contribution is -0.0459. The van der Waals surface area contributed by atoms with Crippen molar-refractivity contribution >= 4 is 29.1 Å². The fraction of sp³-hybridized carbons (Fsp3) is 0.240. The van der Waals surface area contributed by atoms with Crippen LogP contribution in [0, 0.1) is 11.6 Å². The molecule has 1 N–H and O–H groups in total. The van der Waals surface area contributed by atoms with Crippen molar-refractivity contribution in [1.82, 2.24) is 5.32 Å². The van der Waals surface area contributed by atoms with E-state index in [9.17, 15) is 13.6 Å². The van der Waals surface area contributed by atoms with Gasteiger partial charge in [0, 0.05) is 22.7 Å². The second kappa shape index (κ2) is 8.50. The number of amides is 1. The first-order valence-electron chi connectivity index (χ1n) is 10.6. The van der Waals surface area contributed by atoms with Crippen molar-refractivity contribution in [2.45, 2.75) is 37.5 Å². The van der Waals surface area contributed by atoms with E-state index >= 15 is 0 Å². The molecule has 5 rings (SSSR count). The minimum absolute atomic E-state index is 0.0357. The molecule has 1 saturated carbocycles. The van der Waals surface area contributed by atoms with Gasteiger partial charge in [0.2, 0.25) is 0 Å². The van der Waals surface area contributed by atoms with Gasteiger partial charge in [-0.3, -0.25) is 4.79 Å². The van der Waals surface area contributed by atoms with Crippen LogP contribution in [0.4, 0.5) is 8.78 Å². The van der Waals surface area contributed by atoms with Crippen LogP contribution in [-0.2, 0) is 5.79 Å². The lowest BCUT2D eigenvalue weighted by atomic mass is 9.97. The second-order valence-electron chi connectivity index (χ2n) is 8.19. The van der Waals surface area contributed by atoms with Crippen molar-refractivity contribution in [3.63, 3.8) is 0 Å². The quantitative estimate of drug-likeness (QED) is 0.448. The summed E-state index contributed by atoms with van der Waals surface area (Å²) in [5.74, 6) is -3.03. The summed E-state index contributed by atoms with van der Waals surface area (Å²) in [6.45, 7) is 0. The molecule has 4 nitrogen and oxygen atoms in total. The Hall–Kier alpha value is -2.83. The van der Waals surface area contributed by atoms with Crippen LogP contribution in [0.1, 0.15) is 47.2 Å². The lowest BCUT2D eigenvalue weighted by Crippen LogP contribution is -2.37. The van der Waals surface area contributed by atoms with Crippen LogP contribution < -0.4 is 14.8 Å². The van der Waals surface area contributed by atoms with Crippen LogP contribution >= 0.6 is 23.2 Å². The van der Waals surface area contributed by atoms with E-state index in [4.69, 9.17) is 32.7 Å². The average molecular weight is 490 g/mol. The molecule has 1 unspecified atom stereocenters. The number of hydrogen-bond donors (Lipinski definition) is 1. The van der Waals surface area contributed by atoms with Gasteiger partial charge < -0.3 is 14.8 Å². The highest BCUT2D eigenvalue weighted by atomic mass is 35.5. The predicted molar refractivity (Wildman–Crippen MR) is 121 cm³/mol. The van der Waals surface area contributed by atoms with E-state index < -0.39 is 23.3 Å². The summed E-state index contributed by atoms with van der Waals surface area (Å²) in [6, 6.07) is 12.8. The van der Waals surface area contributed by atoms with Gasteiger partial charge in [-0.25, -0.2) is 8.78 Å². The number of rotatable bonds is 4. The van der Waals surface area contributed by atoms with E-state index in [1.807, 2.05) is 0 Å². The van der Waals surface area contributed by atoms with E-state index in [0.29, 0.717) is 16.1 Å². The molecule has 1 amide bonds. The largest absolute Gasteiger partial charge is 0.440 e. The number of halogens is 4. The molecule has 0 bridgehead atoms. The molecule has 170 valence electrons. The van der Waals surface area contributed by atoms with Gasteiger partial charge in [0.15, 0.2) is 11.5 Å². The van der Waals surface area contributed by atoms with Crippen LogP contribution in [0.3, 0.4) is 0 Å². The van der Waals surface area contributed by atoms with Crippen LogP contribution in [0.2, 0.25) is 10.0 Å². The molecule has 1 fully saturated rings. The summed E-state index contributed by atoms with van der Waals surface area (Å²) < 4.78 is 40.9. The molecule has 0 spiro atoms. The Morgan fingerprint density at radius 2 is 1.61 bits per heavy atom. The van der Waals surface area contributed by atoms with Crippen molar-refractivity contribution in [3.8, 4) is 11.5 Å². The van der Waals surface area contributed by atoms with Crippen molar-refractivity contribution in [2.75, 3.05) is 0 Å². The van der Waals surface area contributed by atoms with Gasteiger partial charge in [0.1, 0.15) is 11.6 Å². The van der Waals surface area contributed by atoms with E-state index in [1.165, 1.54) is 36.4 Å². The van der Waals surface area contributed by atoms with E-state index in [2.05, 4.69) is 5.32 Å². The topological polar surface area (TPSA) is 47.6 Å². The molecule has 1 aliphatic carbocycles. The zero-order valence-corrected chi connectivity index (χ0v) is 18.9. The van der Waals surface area contributed by atoms with E-state index in [0.717, 1.165) is 31.7 Å². The Labute approximate surface area is 199 Å². The molecule has 0 aromatic heterocycles. The summed E-state index contributed by atoms with van der Waals surface area (Å²) in [4.78, 5) is 12.7. The SMILES string of the molecule is O=C(NC1CCCC1)c1cc2c(cc1F)OC(c1ccc(F)cc1)(c1ccc(Cl)cc1Cl)O2. The molecular weight excluding hydrogens is 471 g/mol. The number of nitrogens with one attached hydrogen (secondary N) is 1. The standard InChI is InChI=1S/C25H19Cl2F2NO3/c26-15-7-10-19(20(27)11-15)25(14-5-8-16(28)9-6-14)32-22-12-18(21(29)13-23(22)33-25)24(31)30-17-3-1-2-4-17/h5-13,17H,1-4H2,(H,30,31). The highest BCUT2D eigenvalue weighted by molar-refractivity contribution is 6.35. The Bertz CT molecular complexity index is 1230. The van der Waals surface area contributed by atoms with Crippen LogP contribution in [0.25, 0.3) is 0 Å². The molecule has 0 saturated heterocycles. The number of carbonyl (C=O) groups is 1. The van der Waals surface area contributed by atoms with Crippen molar-refractivity contribution in [3.05, 3.63) is 93.0 Å². The fourth-order valence-electron chi connectivity index (χ4n) is 4.34. The molecular formula is C25H19Cl2F2NO3. The monoisotopic (exact) mass is 489 g/mol. The molecule has 1 aliphatic heterocycles. The number of carbonyl (C=O) groups excluding carboxylic acids is 1. The van der Waals surface area contributed by atoms with Crippen LogP contribution in [0.5, 0.6) is 11.5 Å². The average Bonchev–Trinajstić information content (AvgIpc) is 3.41. The third kappa shape index (κ3) is 4.02. The Kier molecular flexibility index (Phi) is 5.67. The van der Waals surface area contributed by atoms with Crippen molar-refractivity contribution in [2.24, 2.45) is 0 Å². The molecule has 0 radical (unpaired) electrons. The summed E-state index contributed by atoms with van der Waals surface area (Å²) in [7, 11) is 0. The maximum absolute atomic E-state index is 14.9. The van der Waals surface area contributed by atoms with Crippen LogP contribution in [0.15, 0.2) is 54.6 Å². The summed E-state index contributed by atoms with van der Waals surface area (Å²) in [5.41, 5.74) is 0.691. The van der Waals surface area contributed by atoms with Gasteiger partial charge in [0.25, 0.3) is 5.91 Å². The maximum atomic E-state index is 14.9. The van der Waals surface area contributed by atoms with Crippen molar-refractivity contribution < 1.29 is 23.0 Å². The predicted octanol–water partition coefficient (Wildman–Crippen LogP) is 6.62. The number of hydrogen-bond acceptors (Lipinski definition) is 3. The molecule has 8 heteroatoms. The summed E-state index contributed by atoms with van der Waals surface area (Å²) in [6.07, 6.45) is 3.83. The molecule has 33 heavy (non-hydrogen) atoms. The Morgan fingerprint density at radius 1 is 0.939 bits per heavy atom. The molecule has 1 atom stereocenters. The summed E-state index contributed by atoms with van der Waals surface area (Å²) in [5, 5.41) is 3.54. The fourth-order valence-corrected chi connectivity index (χ4v) is 4.87. The van der Waals surface area contributed by atoms with Crippen molar-refractivity contribution in [1.29, 1.82) is 0 Å². The highest BCUT2D eigenvalue weighted by Gasteiger charge is 2.47. The van der Waals surface area contributed by atoms with Gasteiger partial charge in [-0.1, -0.05) is 36.0 Å². The third-order valence-electron chi connectivity index (χ3n) is 5.99. The molecule has 1 heterocycles.